The molecule has 9 heterocycles. The third-order valence-corrected chi connectivity index (χ3v) is 20.9. The predicted molar refractivity (Wildman–Crippen MR) is 369 cm³/mol. The van der Waals surface area contributed by atoms with Crippen LogP contribution in [-0.2, 0) is 31.7 Å². The summed E-state index contributed by atoms with van der Waals surface area (Å²) >= 11 is 1.98. The number of anilines is 5. The zero-order chi connectivity index (χ0) is 62.0. The molecule has 0 amide bonds. The van der Waals surface area contributed by atoms with Crippen LogP contribution in [0.15, 0.2) is 105 Å². The Bertz CT molecular complexity index is 3780. The van der Waals surface area contributed by atoms with Crippen LogP contribution in [-0.4, -0.2) is 188 Å². The van der Waals surface area contributed by atoms with Gasteiger partial charge in [0.05, 0.1) is 61.7 Å². The number of aryl methyl sites for hydroxylation is 2. The van der Waals surface area contributed by atoms with Crippen molar-refractivity contribution in [1.82, 2.24) is 39.7 Å². The number of nitrogens with zero attached hydrogens (tertiary/aromatic N) is 17. The van der Waals surface area contributed by atoms with E-state index < -0.39 is 0 Å². The van der Waals surface area contributed by atoms with Gasteiger partial charge in [-0.25, -0.2) is 29.9 Å². The molecule has 0 spiro atoms. The highest BCUT2D eigenvalue weighted by atomic mass is 32.2. The predicted octanol–water partition coefficient (Wildman–Crippen LogP) is 10.8. The van der Waals surface area contributed by atoms with Crippen molar-refractivity contribution in [3.05, 3.63) is 125 Å². The summed E-state index contributed by atoms with van der Waals surface area (Å²) in [7, 11) is 6.39. The van der Waals surface area contributed by atoms with Crippen LogP contribution >= 0.6 is 11.8 Å². The molecule has 4 fully saturated rings. The summed E-state index contributed by atoms with van der Waals surface area (Å²) in [5.74, 6) is 4.90. The number of likely N-dealkylation sites (tertiary alicyclic amines) is 2. The lowest BCUT2D eigenvalue weighted by atomic mass is 9.97. The van der Waals surface area contributed by atoms with Crippen molar-refractivity contribution in [2.75, 3.05) is 137 Å². The molecular weight excluding hydrogens is 1150 g/mol. The van der Waals surface area contributed by atoms with Crippen LogP contribution in [0.3, 0.4) is 0 Å². The number of thioether (sulfide) groups is 1. The molecule has 20 heteroatoms. The fourth-order valence-electron chi connectivity index (χ4n) is 14.3. The maximum absolute atomic E-state index is 6.53. The number of piperidine rings is 2. The van der Waals surface area contributed by atoms with E-state index >= 15 is 0 Å². The monoisotopic (exact) mass is 1240 g/mol. The molecule has 4 saturated heterocycles. The largest absolute Gasteiger partial charge is 0.462 e. The Hall–Kier alpha value is -7.73. The minimum Gasteiger partial charge on any atom is -0.462 e. The number of hydrogen-bond donors (Lipinski definition) is 0. The van der Waals surface area contributed by atoms with E-state index in [9.17, 15) is 0 Å². The van der Waals surface area contributed by atoms with Gasteiger partial charge in [-0.2, -0.15) is 31.7 Å². The van der Waals surface area contributed by atoms with Gasteiger partial charge in [-0.05, 0) is 163 Å². The molecule has 19 nitrogen and oxygen atoms in total. The topological polar surface area (TPSA) is 168 Å². The number of benzene rings is 4. The molecule has 6 aliphatic heterocycles. The summed E-state index contributed by atoms with van der Waals surface area (Å²) in [5.41, 5.74) is 11.2. The van der Waals surface area contributed by atoms with Crippen LogP contribution in [0.4, 0.5) is 28.8 Å². The van der Waals surface area contributed by atoms with Gasteiger partial charge >= 0.3 is 12.0 Å². The highest BCUT2D eigenvalue weighted by molar-refractivity contribution is 7.98. The first-order valence-electron chi connectivity index (χ1n) is 33.4. The van der Waals surface area contributed by atoms with Gasteiger partial charge in [-0.15, -0.1) is 0 Å². The van der Waals surface area contributed by atoms with Crippen molar-refractivity contribution in [3.63, 3.8) is 0 Å². The molecule has 0 radical (unpaired) electrons. The number of hydrogen-bond acceptors (Lipinski definition) is 20. The van der Waals surface area contributed by atoms with Gasteiger partial charge in [0.2, 0.25) is 0 Å². The van der Waals surface area contributed by atoms with Gasteiger partial charge in [-0.3, -0.25) is 0 Å². The van der Waals surface area contributed by atoms with E-state index in [2.05, 4.69) is 161 Å². The lowest BCUT2D eigenvalue weighted by Gasteiger charge is -2.36. The molecule has 2 atom stereocenters. The van der Waals surface area contributed by atoms with E-state index in [1.54, 1.807) is 12.5 Å². The summed E-state index contributed by atoms with van der Waals surface area (Å²) < 4.78 is 13.0. The Kier molecular flexibility index (Phi) is 20.0. The second kappa shape index (κ2) is 29.3. The highest BCUT2D eigenvalue weighted by Crippen LogP contribution is 2.40. The van der Waals surface area contributed by atoms with Crippen molar-refractivity contribution in [2.45, 2.75) is 127 Å². The van der Waals surface area contributed by atoms with E-state index in [1.807, 2.05) is 24.9 Å². The fourth-order valence-corrected chi connectivity index (χ4v) is 15.4. The average Bonchev–Trinajstić information content (AvgIpc) is 1.08. The van der Waals surface area contributed by atoms with Gasteiger partial charge in [0.25, 0.3) is 0 Å². The number of fused-ring (bicyclic) bond motifs is 4. The summed E-state index contributed by atoms with van der Waals surface area (Å²) in [6.07, 6.45) is 14.4. The van der Waals surface area contributed by atoms with Gasteiger partial charge in [0.15, 0.2) is 0 Å². The molecule has 91 heavy (non-hydrogen) atoms. The third kappa shape index (κ3) is 14.6. The Balaban J connectivity index is 0.610. The first kappa shape index (κ1) is 62.1. The number of ether oxygens (including phenoxy) is 2. The molecular formula is C71H89N17O2S. The smallest absolute Gasteiger partial charge is 0.318 e. The van der Waals surface area contributed by atoms with Crippen molar-refractivity contribution in [2.24, 2.45) is 20.0 Å². The van der Waals surface area contributed by atoms with Crippen molar-refractivity contribution in [3.8, 4) is 12.0 Å². The van der Waals surface area contributed by atoms with Crippen molar-refractivity contribution < 1.29 is 9.47 Å². The van der Waals surface area contributed by atoms with E-state index in [0.29, 0.717) is 50.4 Å². The van der Waals surface area contributed by atoms with E-state index in [0.717, 1.165) is 170 Å². The zero-order valence-corrected chi connectivity index (χ0v) is 54.8. The van der Waals surface area contributed by atoms with E-state index in [1.165, 1.54) is 73.6 Å². The summed E-state index contributed by atoms with van der Waals surface area (Å²) in [6.45, 7) is 16.7. The molecule has 0 N–H and O–H groups in total. The molecule has 476 valence electrons. The quantitative estimate of drug-likeness (QED) is 0.0464. The Labute approximate surface area is 541 Å². The van der Waals surface area contributed by atoms with Gasteiger partial charge < -0.3 is 43.8 Å². The minimum absolute atomic E-state index is 0.175. The molecule has 0 aliphatic carbocycles. The van der Waals surface area contributed by atoms with Crippen LogP contribution in [0.5, 0.6) is 12.0 Å². The Morgan fingerprint density at radius 2 is 1.16 bits per heavy atom. The molecule has 13 rings (SSSR count). The minimum atomic E-state index is 0.175. The van der Waals surface area contributed by atoms with E-state index in [4.69, 9.17) is 39.4 Å². The van der Waals surface area contributed by atoms with Crippen LogP contribution in [0.1, 0.15) is 97.0 Å². The van der Waals surface area contributed by atoms with Gasteiger partial charge in [-0.1, -0.05) is 54.6 Å². The van der Waals surface area contributed by atoms with Gasteiger partial charge in [0.1, 0.15) is 37.0 Å². The van der Waals surface area contributed by atoms with Crippen LogP contribution in [0, 0.1) is 13.8 Å². The van der Waals surface area contributed by atoms with Crippen LogP contribution in [0.2, 0.25) is 0 Å². The first-order chi connectivity index (χ1) is 44.7. The standard InChI is InChI=1S/C71H89N17O2S/c1-50-12-6-13-52-14-7-18-63(66(50)52)87-38-27-59-61(42-87)78-70(89-44-57-16-9-32-82(57)3)80-68(59)85-34-23-55(24-35-85)75-47-72-29-11-41-91-46-54-21-20-53-15-8-19-64(67(53)51(54)2)88-39-28-60-62(43-88)79-71(90-45-58-17-10-33-83(58)4)81-69(60)86-36-25-56(26-37-86)76-48-74-31-40-84(5)65-22-30-73-49-77-65/h6-8,12-15,18-22,30,49,55-58H,9-11,16-17,23-29,31-46H2,1-5H3/t57-,58-/m0/s1. The summed E-state index contributed by atoms with van der Waals surface area (Å²) in [5, 5.41) is 5.18. The van der Waals surface area contributed by atoms with Gasteiger partial charge in [0, 0.05) is 110 Å². The second-order valence-corrected chi connectivity index (χ2v) is 26.9. The molecule has 0 unspecified atom stereocenters. The third-order valence-electron chi connectivity index (χ3n) is 19.8. The number of likely N-dealkylation sites (N-methyl/N-ethyl adjacent to an activating group) is 3. The normalized spacial score (nSPS) is 19.1. The maximum Gasteiger partial charge on any atom is 0.318 e. The van der Waals surface area contributed by atoms with Crippen LogP contribution in [0.25, 0.3) is 21.5 Å². The SMILES string of the molecule is Cc1cccc2cccc(N3CCc4c(nc(OC[C@@H]5CCCN5C)nc4N4CCC(N=C=NCCCSCc5ccc6cccc(N7CCc8c(nc(OC[C@@H]9CCCN9C)nc8N8CCC(N=C=NCCN(C)c9ccncn9)CC8)C7)c6c5C)CC4)C3)c12. The zero-order valence-electron chi connectivity index (χ0n) is 54.0. The summed E-state index contributed by atoms with van der Waals surface area (Å²) in [4.78, 5) is 64.7. The molecule has 0 saturated carbocycles. The van der Waals surface area contributed by atoms with Crippen LogP contribution < -0.4 is 34.0 Å². The molecule has 0 bridgehead atoms. The number of aliphatic imine (C=N–C) groups is 4. The molecule has 6 aliphatic rings. The Morgan fingerprint density at radius 1 is 0.604 bits per heavy atom. The Morgan fingerprint density at radius 3 is 1.73 bits per heavy atom. The highest BCUT2D eigenvalue weighted by Gasteiger charge is 2.33. The number of rotatable bonds is 22. The van der Waals surface area contributed by atoms with Crippen molar-refractivity contribution in [1.29, 1.82) is 0 Å². The lowest BCUT2D eigenvalue weighted by Crippen LogP contribution is -2.39. The lowest BCUT2D eigenvalue weighted by molar-refractivity contribution is 0.187. The number of aromatic nitrogens is 6. The summed E-state index contributed by atoms with van der Waals surface area (Å²) in [6, 6.07) is 34.8. The first-order valence-corrected chi connectivity index (χ1v) is 34.6. The second-order valence-electron chi connectivity index (χ2n) is 25.8. The molecule has 7 aromatic rings. The van der Waals surface area contributed by atoms with Crippen molar-refractivity contribution >= 4 is 74.2 Å². The average molecular weight is 1240 g/mol. The molecule has 3 aromatic heterocycles. The van der Waals surface area contributed by atoms with E-state index in [-0.39, 0.29) is 12.1 Å². The fraction of sp³-hybridized carbons (Fsp3) is 0.521. The molecule has 4 aromatic carbocycles. The maximum atomic E-state index is 6.53.